The van der Waals surface area contributed by atoms with Crippen LogP contribution in [0.2, 0.25) is 10.0 Å². The van der Waals surface area contributed by atoms with Crippen LogP contribution in [0.15, 0.2) is 67.0 Å². The highest BCUT2D eigenvalue weighted by atomic mass is 35.5. The fraction of sp³-hybridized carbons (Fsp3) is 0.343. The van der Waals surface area contributed by atoms with Gasteiger partial charge in [0.15, 0.2) is 11.5 Å². The SMILES string of the molecule is COc1ccc([C@H](Cc2c(Cl)c[n+](O)cc2Cl)c2cc(CNC(C(=O)OC[C@H]3CCCN3C)c3ccccc3)sc2C(=O)[O-])cc1OC. The number of benzene rings is 2. The molecule has 48 heavy (non-hydrogen) atoms. The van der Waals surface area contributed by atoms with Crippen molar-refractivity contribution in [1.29, 1.82) is 0 Å². The van der Waals surface area contributed by atoms with E-state index < -0.39 is 23.9 Å². The highest BCUT2D eigenvalue weighted by Crippen LogP contribution is 2.41. The number of ether oxygens (including phenoxy) is 3. The average Bonchev–Trinajstić information content (AvgIpc) is 3.69. The number of aromatic nitrogens is 1. The molecule has 1 unspecified atom stereocenters. The van der Waals surface area contributed by atoms with Crippen molar-refractivity contribution in [3.8, 4) is 11.5 Å². The zero-order chi connectivity index (χ0) is 34.4. The first kappa shape index (κ1) is 35.4. The third-order valence-electron chi connectivity index (χ3n) is 8.60. The van der Waals surface area contributed by atoms with Gasteiger partial charge in [0.2, 0.25) is 12.4 Å². The van der Waals surface area contributed by atoms with Crippen molar-refractivity contribution in [2.75, 3.05) is 34.4 Å². The Bertz CT molecular complexity index is 1730. The van der Waals surface area contributed by atoms with Crippen LogP contribution in [0.1, 0.15) is 61.6 Å². The van der Waals surface area contributed by atoms with Gasteiger partial charge in [-0.2, -0.15) is 0 Å². The van der Waals surface area contributed by atoms with E-state index in [0.29, 0.717) is 39.7 Å². The van der Waals surface area contributed by atoms with E-state index in [4.69, 9.17) is 37.4 Å². The molecule has 0 saturated carbocycles. The van der Waals surface area contributed by atoms with Crippen molar-refractivity contribution in [2.45, 2.75) is 43.8 Å². The predicted octanol–water partition coefficient (Wildman–Crippen LogP) is 4.80. The minimum absolute atomic E-state index is 0.0232. The van der Waals surface area contributed by atoms with Crippen molar-refractivity contribution in [1.82, 2.24) is 10.2 Å². The quantitative estimate of drug-likeness (QED) is 0.108. The number of nitrogens with zero attached hydrogens (tertiary/aromatic N) is 2. The molecule has 5 rings (SSSR count). The van der Waals surface area contributed by atoms with Crippen LogP contribution >= 0.6 is 34.5 Å². The summed E-state index contributed by atoms with van der Waals surface area (Å²) in [6.45, 7) is 1.45. The van der Waals surface area contributed by atoms with Crippen LogP contribution in [0.25, 0.3) is 0 Å². The normalized spacial score (nSPS) is 16.0. The van der Waals surface area contributed by atoms with Crippen LogP contribution in [-0.4, -0.2) is 62.5 Å². The molecule has 3 heterocycles. The van der Waals surface area contributed by atoms with Gasteiger partial charge in [0.05, 0.1) is 25.1 Å². The molecule has 13 heteroatoms. The molecule has 1 saturated heterocycles. The van der Waals surface area contributed by atoms with Gasteiger partial charge >= 0.3 is 5.97 Å². The maximum atomic E-state index is 13.4. The van der Waals surface area contributed by atoms with Crippen molar-refractivity contribution < 1.29 is 38.8 Å². The summed E-state index contributed by atoms with van der Waals surface area (Å²) in [6.07, 6.45) is 4.84. The summed E-state index contributed by atoms with van der Waals surface area (Å²) < 4.78 is 17.5. The number of hydrogen-bond donors (Lipinski definition) is 2. The molecule has 1 aliphatic heterocycles. The Hall–Kier alpha value is -3.87. The lowest BCUT2D eigenvalue weighted by atomic mass is 9.85. The number of halogens is 2. The molecule has 254 valence electrons. The average molecular weight is 715 g/mol. The molecule has 0 bridgehead atoms. The standard InChI is InChI=1S/C35H37Cl2N3O7S/c1-39-13-7-10-23(39)20-47-35(43)32(21-8-5-4-6-9-21)38-17-24-15-26(33(48-24)34(41)42)25(16-27-28(36)18-40(44)19-29(27)37)22-11-12-30(45-2)31(14-22)46-3/h4-6,8-9,11-12,14-15,18-19,23,25,32,38H,7,10,13,16-17,20H2,1-3H3,(H-,41,42,44)/t23-,25+,32?/m1/s1. The third-order valence-corrected chi connectivity index (χ3v) is 10.4. The van der Waals surface area contributed by atoms with E-state index in [0.717, 1.165) is 41.0 Å². The highest BCUT2D eigenvalue weighted by molar-refractivity contribution is 7.14. The number of carbonyl (C=O) groups is 2. The number of carbonyl (C=O) groups excluding carboxylic acids is 2. The van der Waals surface area contributed by atoms with Crippen molar-refractivity contribution in [3.63, 3.8) is 0 Å². The topological polar surface area (TPSA) is 124 Å². The molecule has 2 aromatic heterocycles. The first-order chi connectivity index (χ1) is 23.1. The zero-order valence-electron chi connectivity index (χ0n) is 26.8. The van der Waals surface area contributed by atoms with Gasteiger partial charge in [-0.25, -0.2) is 4.79 Å². The van der Waals surface area contributed by atoms with Crippen molar-refractivity contribution in [2.24, 2.45) is 0 Å². The maximum absolute atomic E-state index is 13.4. The van der Waals surface area contributed by atoms with Crippen LogP contribution in [0, 0.1) is 0 Å². The van der Waals surface area contributed by atoms with Gasteiger partial charge in [-0.05, 0) is 67.7 Å². The van der Waals surface area contributed by atoms with E-state index in [1.54, 1.807) is 18.2 Å². The minimum Gasteiger partial charge on any atom is -0.544 e. The second kappa shape index (κ2) is 16.0. The molecule has 4 aromatic rings. The lowest BCUT2D eigenvalue weighted by Crippen LogP contribution is -2.34. The van der Waals surface area contributed by atoms with E-state index in [2.05, 4.69) is 10.2 Å². The molecule has 2 N–H and O–H groups in total. The smallest absolute Gasteiger partial charge is 0.327 e. The number of likely N-dealkylation sites (tertiary alicyclic amines) is 1. The Morgan fingerprint density at radius 1 is 1.06 bits per heavy atom. The van der Waals surface area contributed by atoms with E-state index in [9.17, 15) is 19.9 Å². The fourth-order valence-electron chi connectivity index (χ4n) is 6.02. The largest absolute Gasteiger partial charge is 0.544 e. The molecular weight excluding hydrogens is 677 g/mol. The van der Waals surface area contributed by atoms with E-state index in [1.165, 1.54) is 26.6 Å². The fourth-order valence-corrected chi connectivity index (χ4v) is 7.63. The summed E-state index contributed by atoms with van der Waals surface area (Å²) in [5, 5.41) is 26.3. The second-order valence-electron chi connectivity index (χ2n) is 11.6. The Kier molecular flexibility index (Phi) is 11.8. The number of rotatable bonds is 14. The lowest BCUT2D eigenvalue weighted by molar-refractivity contribution is -0.904. The molecule has 3 atom stereocenters. The van der Waals surface area contributed by atoms with Crippen LogP contribution in [-0.2, 0) is 22.5 Å². The molecule has 0 aliphatic carbocycles. The number of pyridine rings is 1. The maximum Gasteiger partial charge on any atom is 0.327 e. The first-order valence-corrected chi connectivity index (χ1v) is 17.0. The van der Waals surface area contributed by atoms with Gasteiger partial charge in [0.25, 0.3) is 0 Å². The number of methoxy groups -OCH3 is 2. The number of nitrogens with one attached hydrogen (secondary N) is 1. The summed E-state index contributed by atoms with van der Waals surface area (Å²) in [5.74, 6) is -1.36. The Labute approximate surface area is 293 Å². The van der Waals surface area contributed by atoms with Crippen LogP contribution in [0.3, 0.4) is 0 Å². The second-order valence-corrected chi connectivity index (χ2v) is 13.6. The lowest BCUT2D eigenvalue weighted by Gasteiger charge is -2.22. The molecular formula is C35H37Cl2N3O7S. The summed E-state index contributed by atoms with van der Waals surface area (Å²) in [4.78, 5) is 28.9. The summed E-state index contributed by atoms with van der Waals surface area (Å²) in [7, 11) is 5.07. The summed E-state index contributed by atoms with van der Waals surface area (Å²) >= 11 is 14.1. The van der Waals surface area contributed by atoms with E-state index >= 15 is 0 Å². The molecule has 10 nitrogen and oxygen atoms in total. The van der Waals surface area contributed by atoms with E-state index in [1.807, 2.05) is 43.4 Å². The van der Waals surface area contributed by atoms with Crippen LogP contribution in [0.5, 0.6) is 11.5 Å². The van der Waals surface area contributed by atoms with Gasteiger partial charge in [0.1, 0.15) is 22.7 Å². The van der Waals surface area contributed by atoms with Gasteiger partial charge in [-0.3, -0.25) is 10.5 Å². The van der Waals surface area contributed by atoms with Gasteiger partial charge < -0.3 is 29.0 Å². The van der Waals surface area contributed by atoms with Crippen LogP contribution < -0.4 is 24.6 Å². The van der Waals surface area contributed by atoms with Crippen molar-refractivity contribution in [3.05, 3.63) is 109 Å². The molecule has 1 aliphatic rings. The number of esters is 1. The summed E-state index contributed by atoms with van der Waals surface area (Å²) in [5.41, 5.74) is 2.43. The predicted molar refractivity (Wildman–Crippen MR) is 180 cm³/mol. The first-order valence-electron chi connectivity index (χ1n) is 15.4. The Morgan fingerprint density at radius 3 is 2.40 bits per heavy atom. The minimum atomic E-state index is -1.34. The molecule has 0 amide bonds. The number of thiophene rings is 1. The monoisotopic (exact) mass is 713 g/mol. The zero-order valence-corrected chi connectivity index (χ0v) is 29.1. The Balaban J connectivity index is 1.48. The third kappa shape index (κ3) is 8.22. The Morgan fingerprint density at radius 2 is 1.77 bits per heavy atom. The summed E-state index contributed by atoms with van der Waals surface area (Å²) in [6, 6.07) is 15.8. The number of hydrogen-bond acceptors (Lipinski definition) is 10. The number of aromatic carboxylic acids is 1. The van der Waals surface area contributed by atoms with Gasteiger partial charge in [-0.15, -0.1) is 11.3 Å². The highest BCUT2D eigenvalue weighted by Gasteiger charge is 2.29. The number of likely N-dealkylation sites (N-methyl/N-ethyl adjacent to an activating group) is 1. The molecule has 0 spiro atoms. The number of carboxylic acid groups (broad SMARTS) is 1. The van der Waals surface area contributed by atoms with Crippen molar-refractivity contribution >= 4 is 46.5 Å². The van der Waals surface area contributed by atoms with E-state index in [-0.39, 0.29) is 33.9 Å². The van der Waals surface area contributed by atoms with Crippen LogP contribution in [0.4, 0.5) is 0 Å². The van der Waals surface area contributed by atoms with Gasteiger partial charge in [0, 0.05) is 33.7 Å². The molecule has 2 aromatic carbocycles. The molecule has 0 radical (unpaired) electrons. The van der Waals surface area contributed by atoms with Gasteiger partial charge in [-0.1, -0.05) is 59.6 Å². The number of carboxylic acids is 1. The molecule has 1 fully saturated rings.